The van der Waals surface area contributed by atoms with Crippen molar-refractivity contribution in [2.75, 3.05) is 7.11 Å². The minimum Gasteiger partial charge on any atom is -0.507 e. The highest BCUT2D eigenvalue weighted by Crippen LogP contribution is 2.36. The van der Waals surface area contributed by atoms with E-state index in [9.17, 15) is 5.11 Å². The molecule has 0 amide bonds. The van der Waals surface area contributed by atoms with E-state index in [1.807, 2.05) is 20.8 Å². The predicted molar refractivity (Wildman–Crippen MR) is 78.3 cm³/mol. The first kappa shape index (κ1) is 15.0. The summed E-state index contributed by atoms with van der Waals surface area (Å²) in [6.07, 6.45) is -0.283. The molecule has 0 saturated carbocycles. The van der Waals surface area contributed by atoms with Crippen molar-refractivity contribution in [3.63, 3.8) is 0 Å². The molecule has 1 unspecified atom stereocenters. The van der Waals surface area contributed by atoms with Gasteiger partial charge < -0.3 is 14.4 Å². The molecule has 2 rings (SSSR count). The van der Waals surface area contributed by atoms with E-state index < -0.39 is 0 Å². The Kier molecular flexibility index (Phi) is 4.15. The third kappa shape index (κ3) is 3.02. The van der Waals surface area contributed by atoms with Gasteiger partial charge in [-0.05, 0) is 23.6 Å². The lowest BCUT2D eigenvalue weighted by Crippen LogP contribution is -2.21. The van der Waals surface area contributed by atoms with Gasteiger partial charge in [0.2, 0.25) is 5.82 Å². The molecule has 1 heterocycles. The van der Waals surface area contributed by atoms with Gasteiger partial charge in [0.05, 0.1) is 5.56 Å². The molecule has 6 heteroatoms. The third-order valence-electron chi connectivity index (χ3n) is 2.89. The Morgan fingerprint density at radius 2 is 2.05 bits per heavy atom. The van der Waals surface area contributed by atoms with Crippen LogP contribution < -0.4 is 0 Å². The summed E-state index contributed by atoms with van der Waals surface area (Å²) in [5, 5.41) is 13.8. The van der Waals surface area contributed by atoms with Crippen LogP contribution in [0.25, 0.3) is 11.5 Å². The van der Waals surface area contributed by atoms with E-state index in [2.05, 4.69) is 26.1 Å². The monoisotopic (exact) mass is 340 g/mol. The average molecular weight is 341 g/mol. The molecule has 0 spiro atoms. The molecule has 0 saturated heterocycles. The SMILES string of the molecule is COC(c1noc(-c2cc(Br)ccc2O)n1)C(C)(C)C. The number of phenolic OH excluding ortho intramolecular Hbond substituents is 1. The van der Waals surface area contributed by atoms with Crippen LogP contribution in [0.3, 0.4) is 0 Å². The largest absolute Gasteiger partial charge is 0.507 e. The van der Waals surface area contributed by atoms with Gasteiger partial charge in [-0.2, -0.15) is 4.98 Å². The minimum absolute atomic E-state index is 0.0909. The third-order valence-corrected chi connectivity index (χ3v) is 3.38. The van der Waals surface area contributed by atoms with Crippen molar-refractivity contribution in [3.05, 3.63) is 28.5 Å². The van der Waals surface area contributed by atoms with Gasteiger partial charge >= 0.3 is 0 Å². The number of hydrogen-bond donors (Lipinski definition) is 1. The Morgan fingerprint density at radius 3 is 2.65 bits per heavy atom. The molecule has 20 heavy (non-hydrogen) atoms. The summed E-state index contributed by atoms with van der Waals surface area (Å²) < 4.78 is 11.5. The number of methoxy groups -OCH3 is 1. The zero-order valence-electron chi connectivity index (χ0n) is 11.8. The number of halogens is 1. The zero-order valence-corrected chi connectivity index (χ0v) is 13.4. The number of phenols is 1. The highest BCUT2D eigenvalue weighted by Gasteiger charge is 2.31. The lowest BCUT2D eigenvalue weighted by atomic mass is 9.88. The Labute approximate surface area is 126 Å². The maximum atomic E-state index is 9.87. The molecule has 0 aliphatic carbocycles. The minimum atomic E-state index is -0.283. The standard InChI is InChI=1S/C14H17BrN2O3/c1-14(2,3)11(19-4)12-16-13(20-17-12)9-7-8(15)5-6-10(9)18/h5-7,11,18H,1-4H3. The molecular weight excluding hydrogens is 324 g/mol. The Bertz CT molecular complexity index is 605. The van der Waals surface area contributed by atoms with Crippen LogP contribution in [0.5, 0.6) is 5.75 Å². The number of ether oxygens (including phenoxy) is 1. The molecule has 0 bridgehead atoms. The van der Waals surface area contributed by atoms with Crippen molar-refractivity contribution in [3.8, 4) is 17.2 Å². The summed E-state index contributed by atoms with van der Waals surface area (Å²) in [5.41, 5.74) is 0.330. The smallest absolute Gasteiger partial charge is 0.261 e. The van der Waals surface area contributed by atoms with Crippen LogP contribution in [-0.2, 0) is 4.74 Å². The lowest BCUT2D eigenvalue weighted by molar-refractivity contribution is 0.00718. The van der Waals surface area contributed by atoms with Crippen LogP contribution in [-0.4, -0.2) is 22.4 Å². The van der Waals surface area contributed by atoms with Crippen LogP contribution in [0, 0.1) is 5.41 Å². The second-order valence-electron chi connectivity index (χ2n) is 5.60. The van der Waals surface area contributed by atoms with E-state index in [1.165, 1.54) is 0 Å². The van der Waals surface area contributed by atoms with E-state index in [0.717, 1.165) is 4.47 Å². The highest BCUT2D eigenvalue weighted by molar-refractivity contribution is 9.10. The molecule has 0 aliphatic rings. The molecular formula is C14H17BrN2O3. The number of hydrogen-bond acceptors (Lipinski definition) is 5. The second kappa shape index (κ2) is 5.54. The molecule has 0 aliphatic heterocycles. The summed E-state index contributed by atoms with van der Waals surface area (Å²) in [6.45, 7) is 6.11. The summed E-state index contributed by atoms with van der Waals surface area (Å²) in [4.78, 5) is 4.34. The number of benzene rings is 1. The molecule has 0 radical (unpaired) electrons. The average Bonchev–Trinajstić information content (AvgIpc) is 2.80. The predicted octanol–water partition coefficient (Wildman–Crippen LogP) is 3.94. The van der Waals surface area contributed by atoms with E-state index in [4.69, 9.17) is 9.26 Å². The fourth-order valence-corrected chi connectivity index (χ4v) is 2.34. The van der Waals surface area contributed by atoms with Gasteiger partial charge in [-0.15, -0.1) is 0 Å². The van der Waals surface area contributed by atoms with Crippen LogP contribution in [0.4, 0.5) is 0 Å². The maximum Gasteiger partial charge on any atom is 0.261 e. The molecule has 1 aromatic carbocycles. The molecule has 5 nitrogen and oxygen atoms in total. The molecule has 0 fully saturated rings. The normalized spacial score (nSPS) is 13.4. The summed E-state index contributed by atoms with van der Waals surface area (Å²) in [7, 11) is 1.61. The Balaban J connectivity index is 2.40. The summed E-state index contributed by atoms with van der Waals surface area (Å²) >= 11 is 3.35. The first-order valence-electron chi connectivity index (χ1n) is 6.18. The zero-order chi connectivity index (χ0) is 14.9. The van der Waals surface area contributed by atoms with Crippen molar-refractivity contribution >= 4 is 15.9 Å². The van der Waals surface area contributed by atoms with Crippen molar-refractivity contribution in [2.24, 2.45) is 5.41 Å². The van der Waals surface area contributed by atoms with Crippen molar-refractivity contribution in [1.29, 1.82) is 0 Å². The van der Waals surface area contributed by atoms with E-state index >= 15 is 0 Å². The molecule has 1 N–H and O–H groups in total. The van der Waals surface area contributed by atoms with Gasteiger partial charge in [-0.3, -0.25) is 0 Å². The molecule has 1 atom stereocenters. The topological polar surface area (TPSA) is 68.4 Å². The van der Waals surface area contributed by atoms with Gasteiger partial charge in [0.15, 0.2) is 0 Å². The van der Waals surface area contributed by atoms with E-state index in [-0.39, 0.29) is 23.2 Å². The lowest BCUT2D eigenvalue weighted by Gasteiger charge is -2.26. The van der Waals surface area contributed by atoms with Gasteiger partial charge in [0, 0.05) is 11.6 Å². The maximum absolute atomic E-state index is 9.87. The first-order valence-corrected chi connectivity index (χ1v) is 6.97. The number of aromatic nitrogens is 2. The quantitative estimate of drug-likeness (QED) is 0.916. The number of nitrogens with zero attached hydrogens (tertiary/aromatic N) is 2. The van der Waals surface area contributed by atoms with Gasteiger partial charge in [0.1, 0.15) is 11.9 Å². The Hall–Kier alpha value is -1.40. The first-order chi connectivity index (χ1) is 9.32. The van der Waals surface area contributed by atoms with Crippen molar-refractivity contribution < 1.29 is 14.4 Å². The van der Waals surface area contributed by atoms with Gasteiger partial charge in [-0.25, -0.2) is 0 Å². The van der Waals surface area contributed by atoms with E-state index in [1.54, 1.807) is 25.3 Å². The fourth-order valence-electron chi connectivity index (χ4n) is 1.98. The van der Waals surface area contributed by atoms with Gasteiger partial charge in [-0.1, -0.05) is 41.9 Å². The van der Waals surface area contributed by atoms with Crippen LogP contribution >= 0.6 is 15.9 Å². The number of aromatic hydroxyl groups is 1. The summed E-state index contributed by atoms with van der Waals surface area (Å²) in [6, 6.07) is 5.04. The highest BCUT2D eigenvalue weighted by atomic mass is 79.9. The van der Waals surface area contributed by atoms with Crippen molar-refractivity contribution in [1.82, 2.24) is 10.1 Å². The number of rotatable bonds is 3. The molecule has 108 valence electrons. The summed E-state index contributed by atoms with van der Waals surface area (Å²) in [5.74, 6) is 0.826. The van der Waals surface area contributed by atoms with Crippen molar-refractivity contribution in [2.45, 2.75) is 26.9 Å². The van der Waals surface area contributed by atoms with E-state index in [0.29, 0.717) is 11.4 Å². The second-order valence-corrected chi connectivity index (χ2v) is 6.52. The molecule has 2 aromatic rings. The van der Waals surface area contributed by atoms with Crippen LogP contribution in [0.2, 0.25) is 0 Å². The Morgan fingerprint density at radius 1 is 1.35 bits per heavy atom. The molecule has 1 aromatic heterocycles. The van der Waals surface area contributed by atoms with Gasteiger partial charge in [0.25, 0.3) is 5.89 Å². The fraction of sp³-hybridized carbons (Fsp3) is 0.429. The van der Waals surface area contributed by atoms with Crippen LogP contribution in [0.1, 0.15) is 32.7 Å². The van der Waals surface area contributed by atoms with Crippen LogP contribution in [0.15, 0.2) is 27.2 Å².